The molecule has 6 nitrogen and oxygen atoms in total. The van der Waals surface area contributed by atoms with E-state index in [0.717, 1.165) is 24.8 Å². The Labute approximate surface area is 144 Å². The lowest BCUT2D eigenvalue weighted by molar-refractivity contribution is 0.246. The smallest absolute Gasteiger partial charge is 0.261 e. The van der Waals surface area contributed by atoms with Gasteiger partial charge in [-0.1, -0.05) is 19.8 Å². The average molecular weight is 341 g/mol. The van der Waals surface area contributed by atoms with Gasteiger partial charge in [0.15, 0.2) is 5.82 Å². The number of aromatic amines is 1. The summed E-state index contributed by atoms with van der Waals surface area (Å²) in [6.45, 7) is 2.23. The first-order valence-electron chi connectivity index (χ1n) is 8.62. The van der Waals surface area contributed by atoms with Gasteiger partial charge in [-0.3, -0.25) is 9.48 Å². The second-order valence-electron chi connectivity index (χ2n) is 6.68. The summed E-state index contributed by atoms with van der Waals surface area (Å²) in [4.78, 5) is 18.7. The van der Waals surface area contributed by atoms with Gasteiger partial charge in [-0.05, 0) is 30.9 Å². The average Bonchev–Trinajstić information content (AvgIpc) is 2.95. The van der Waals surface area contributed by atoms with Crippen LogP contribution in [0.5, 0.6) is 0 Å². The van der Waals surface area contributed by atoms with Crippen LogP contribution >= 0.6 is 0 Å². The van der Waals surface area contributed by atoms with Crippen molar-refractivity contribution in [2.45, 2.75) is 38.6 Å². The van der Waals surface area contributed by atoms with Crippen LogP contribution in [0.25, 0.3) is 10.9 Å². The molecule has 3 aromatic rings. The maximum absolute atomic E-state index is 13.4. The molecule has 0 unspecified atom stereocenters. The number of H-pyrrole nitrogens is 1. The molecule has 4 rings (SSSR count). The maximum Gasteiger partial charge on any atom is 0.261 e. The summed E-state index contributed by atoms with van der Waals surface area (Å²) < 4.78 is 15.3. The van der Waals surface area contributed by atoms with Crippen LogP contribution in [0.4, 0.5) is 15.9 Å². The Morgan fingerprint density at radius 1 is 1.32 bits per heavy atom. The summed E-state index contributed by atoms with van der Waals surface area (Å²) in [7, 11) is 0. The minimum absolute atomic E-state index is 0.204. The highest BCUT2D eigenvalue weighted by molar-refractivity contribution is 5.91. The fraction of sp³-hybridized carbons (Fsp3) is 0.389. The van der Waals surface area contributed by atoms with Crippen molar-refractivity contribution >= 4 is 22.4 Å². The van der Waals surface area contributed by atoms with E-state index >= 15 is 0 Å². The normalized spacial score (nSPS) is 20.7. The van der Waals surface area contributed by atoms with E-state index in [4.69, 9.17) is 5.10 Å². The van der Waals surface area contributed by atoms with Crippen LogP contribution in [-0.4, -0.2) is 19.7 Å². The number of rotatable bonds is 3. The number of anilines is 2. The summed E-state index contributed by atoms with van der Waals surface area (Å²) in [5.41, 5.74) is 1.11. The number of pyridine rings is 2. The van der Waals surface area contributed by atoms with Gasteiger partial charge in [0.2, 0.25) is 5.95 Å². The van der Waals surface area contributed by atoms with Crippen LogP contribution in [-0.2, 0) is 0 Å². The Hall–Kier alpha value is -2.70. The van der Waals surface area contributed by atoms with Crippen LogP contribution in [0.2, 0.25) is 0 Å². The van der Waals surface area contributed by atoms with Crippen LogP contribution in [0, 0.1) is 11.9 Å². The van der Waals surface area contributed by atoms with Crippen molar-refractivity contribution in [1.29, 1.82) is 0 Å². The molecule has 1 aliphatic rings. The van der Waals surface area contributed by atoms with Gasteiger partial charge < -0.3 is 10.3 Å². The minimum atomic E-state index is -0.580. The number of hydrogen-bond donors (Lipinski definition) is 2. The first kappa shape index (κ1) is 15.8. The van der Waals surface area contributed by atoms with Gasteiger partial charge in [0.05, 0.1) is 11.6 Å². The van der Waals surface area contributed by atoms with Crippen molar-refractivity contribution in [3.63, 3.8) is 0 Å². The standard InChI is InChI=1S/C18H20FN5O/c1-11-4-2-3-5-13(11)24-14-7-9-21-18(25)16(14)17(23-24)22-12-6-8-20-15(19)10-12/h6-11,13H,2-5H2,1H3,(H,21,25)(H,20,22,23)/t11-,13-/m0/s1. The van der Waals surface area contributed by atoms with Crippen LogP contribution in [0.1, 0.15) is 38.6 Å². The van der Waals surface area contributed by atoms with E-state index in [9.17, 15) is 9.18 Å². The summed E-state index contributed by atoms with van der Waals surface area (Å²) in [6, 6.07) is 5.07. The molecule has 3 aromatic heterocycles. The van der Waals surface area contributed by atoms with Gasteiger partial charge >= 0.3 is 0 Å². The molecule has 1 saturated carbocycles. The fourth-order valence-electron chi connectivity index (χ4n) is 3.72. The Morgan fingerprint density at radius 2 is 2.16 bits per heavy atom. The highest BCUT2D eigenvalue weighted by Gasteiger charge is 2.27. The molecule has 25 heavy (non-hydrogen) atoms. The molecule has 2 N–H and O–H groups in total. The van der Waals surface area contributed by atoms with Gasteiger partial charge in [-0.15, -0.1) is 0 Å². The largest absolute Gasteiger partial charge is 0.338 e. The number of aromatic nitrogens is 4. The SMILES string of the molecule is C[C@H]1CCCC[C@@H]1n1nc(Nc2ccnc(F)c2)c2c(=O)[nH]ccc21. The van der Waals surface area contributed by atoms with Crippen molar-refractivity contribution in [3.05, 3.63) is 46.9 Å². The van der Waals surface area contributed by atoms with Crippen molar-refractivity contribution in [3.8, 4) is 0 Å². The monoisotopic (exact) mass is 341 g/mol. The minimum Gasteiger partial charge on any atom is -0.338 e. The predicted molar refractivity (Wildman–Crippen MR) is 94.5 cm³/mol. The topological polar surface area (TPSA) is 75.6 Å². The third kappa shape index (κ3) is 2.90. The zero-order valence-electron chi connectivity index (χ0n) is 14.0. The quantitative estimate of drug-likeness (QED) is 0.711. The van der Waals surface area contributed by atoms with E-state index < -0.39 is 5.95 Å². The first-order valence-corrected chi connectivity index (χ1v) is 8.62. The van der Waals surface area contributed by atoms with E-state index in [0.29, 0.717) is 22.8 Å². The molecule has 2 atom stereocenters. The van der Waals surface area contributed by atoms with Gasteiger partial charge in [0.25, 0.3) is 5.56 Å². The van der Waals surface area contributed by atoms with Gasteiger partial charge in [-0.2, -0.15) is 9.49 Å². The number of halogens is 1. The predicted octanol–water partition coefficient (Wildman–Crippen LogP) is 3.75. The Balaban J connectivity index is 1.83. The molecule has 0 aromatic carbocycles. The summed E-state index contributed by atoms with van der Waals surface area (Å²) in [6.07, 6.45) is 7.63. The molecule has 1 fully saturated rings. The van der Waals surface area contributed by atoms with E-state index in [2.05, 4.69) is 22.2 Å². The Morgan fingerprint density at radius 3 is 2.96 bits per heavy atom. The molecule has 0 radical (unpaired) electrons. The lowest BCUT2D eigenvalue weighted by atomic mass is 9.86. The van der Waals surface area contributed by atoms with Gasteiger partial charge in [0.1, 0.15) is 5.39 Å². The number of fused-ring (bicyclic) bond motifs is 1. The molecule has 3 heterocycles. The number of nitrogens with one attached hydrogen (secondary N) is 2. The highest BCUT2D eigenvalue weighted by atomic mass is 19.1. The Kier molecular flexibility index (Phi) is 3.99. The van der Waals surface area contributed by atoms with E-state index in [-0.39, 0.29) is 11.6 Å². The maximum atomic E-state index is 13.4. The summed E-state index contributed by atoms with van der Waals surface area (Å²) in [5, 5.41) is 8.26. The van der Waals surface area contributed by atoms with Crippen molar-refractivity contribution in [2.75, 3.05) is 5.32 Å². The van der Waals surface area contributed by atoms with Crippen LogP contribution < -0.4 is 10.9 Å². The molecule has 0 saturated heterocycles. The molecule has 1 aliphatic carbocycles. The van der Waals surface area contributed by atoms with Crippen molar-refractivity contribution < 1.29 is 4.39 Å². The van der Waals surface area contributed by atoms with Gasteiger partial charge in [-0.25, -0.2) is 4.98 Å². The van der Waals surface area contributed by atoms with Gasteiger partial charge in [0, 0.05) is 24.1 Å². The van der Waals surface area contributed by atoms with Crippen LogP contribution in [0.3, 0.4) is 0 Å². The zero-order chi connectivity index (χ0) is 17.4. The molecule has 0 amide bonds. The molecular formula is C18H20FN5O. The highest BCUT2D eigenvalue weighted by Crippen LogP contribution is 2.36. The second-order valence-corrected chi connectivity index (χ2v) is 6.68. The third-order valence-electron chi connectivity index (χ3n) is 5.00. The summed E-state index contributed by atoms with van der Waals surface area (Å²) >= 11 is 0. The molecule has 7 heteroatoms. The molecule has 0 aliphatic heterocycles. The summed E-state index contributed by atoms with van der Waals surface area (Å²) in [5.74, 6) is 0.367. The lowest BCUT2D eigenvalue weighted by Gasteiger charge is -2.29. The molecule has 0 spiro atoms. The third-order valence-corrected chi connectivity index (χ3v) is 5.00. The molecule has 0 bridgehead atoms. The fourth-order valence-corrected chi connectivity index (χ4v) is 3.72. The number of nitrogens with zero attached hydrogens (tertiary/aromatic N) is 3. The van der Waals surface area contributed by atoms with Crippen molar-refractivity contribution in [2.24, 2.45) is 5.92 Å². The lowest BCUT2D eigenvalue weighted by Crippen LogP contribution is -2.22. The van der Waals surface area contributed by atoms with E-state index in [1.807, 2.05) is 10.7 Å². The van der Waals surface area contributed by atoms with Crippen LogP contribution in [0.15, 0.2) is 35.4 Å². The zero-order valence-corrected chi connectivity index (χ0v) is 14.0. The molecular weight excluding hydrogens is 321 g/mol. The van der Waals surface area contributed by atoms with E-state index in [1.54, 1.807) is 12.3 Å². The van der Waals surface area contributed by atoms with E-state index in [1.165, 1.54) is 18.7 Å². The first-order chi connectivity index (χ1) is 12.1. The van der Waals surface area contributed by atoms with Crippen molar-refractivity contribution in [1.82, 2.24) is 19.7 Å². The number of hydrogen-bond acceptors (Lipinski definition) is 4. The Bertz CT molecular complexity index is 963. The second kappa shape index (κ2) is 6.31. The molecule has 130 valence electrons.